The van der Waals surface area contributed by atoms with Crippen molar-refractivity contribution < 1.29 is 23.1 Å². The Balaban J connectivity index is 2.00. The second kappa shape index (κ2) is 5.89. The van der Waals surface area contributed by atoms with Gasteiger partial charge in [-0.2, -0.15) is 21.9 Å². The number of aliphatic hydroxyl groups is 1. The van der Waals surface area contributed by atoms with Gasteiger partial charge in [0, 0.05) is 6.54 Å². The predicted molar refractivity (Wildman–Crippen MR) is 75.8 cm³/mol. The van der Waals surface area contributed by atoms with Crippen molar-refractivity contribution in [1.29, 1.82) is 0 Å². The van der Waals surface area contributed by atoms with Crippen molar-refractivity contribution >= 4 is 17.6 Å². The van der Waals surface area contributed by atoms with Gasteiger partial charge in [0.15, 0.2) is 5.69 Å². The number of benzene rings is 1. The molecule has 0 saturated carbocycles. The Bertz CT molecular complexity index is 706. The summed E-state index contributed by atoms with van der Waals surface area (Å²) in [6, 6.07) is 4.26. The van der Waals surface area contributed by atoms with E-state index in [-0.39, 0.29) is 24.2 Å². The molecule has 5 nitrogen and oxygen atoms in total. The molecule has 1 N–H and O–H groups in total. The average molecular weight is 343 g/mol. The van der Waals surface area contributed by atoms with Crippen LogP contribution in [0, 0.1) is 0 Å². The standard InChI is InChI=1S/C14H12F3N3O2S/c15-14(16,17)10-4-2-1-3-9(10)12-5-8(21)7-20(12)13(22)11-6-18-23-19-11/h1-4,6,8,12,21H,5,7H2/t8-,12+/m0/s1. The molecule has 2 heterocycles. The van der Waals surface area contributed by atoms with Crippen LogP contribution in [-0.4, -0.2) is 37.3 Å². The fraction of sp³-hybridized carbons (Fsp3) is 0.357. The highest BCUT2D eigenvalue weighted by Crippen LogP contribution is 2.40. The van der Waals surface area contributed by atoms with E-state index >= 15 is 0 Å². The van der Waals surface area contributed by atoms with E-state index in [2.05, 4.69) is 8.75 Å². The molecule has 1 aliphatic rings. The minimum atomic E-state index is -4.53. The molecule has 3 rings (SSSR count). The van der Waals surface area contributed by atoms with Gasteiger partial charge >= 0.3 is 6.18 Å². The normalized spacial score (nSPS) is 21.7. The minimum absolute atomic E-state index is 0.0203. The summed E-state index contributed by atoms with van der Waals surface area (Å²) >= 11 is 0.842. The van der Waals surface area contributed by atoms with Crippen LogP contribution < -0.4 is 0 Å². The maximum absolute atomic E-state index is 13.2. The number of amides is 1. The third-order valence-electron chi connectivity index (χ3n) is 3.75. The van der Waals surface area contributed by atoms with E-state index in [1.165, 1.54) is 29.3 Å². The second-order valence-corrected chi connectivity index (χ2v) is 5.80. The first-order chi connectivity index (χ1) is 10.9. The monoisotopic (exact) mass is 343 g/mol. The van der Waals surface area contributed by atoms with Gasteiger partial charge in [-0.05, 0) is 18.1 Å². The van der Waals surface area contributed by atoms with Crippen LogP contribution in [0.1, 0.15) is 34.1 Å². The van der Waals surface area contributed by atoms with Crippen LogP contribution in [0.4, 0.5) is 13.2 Å². The molecule has 9 heteroatoms. The third-order valence-corrected chi connectivity index (χ3v) is 4.22. The molecular weight excluding hydrogens is 331 g/mol. The summed E-state index contributed by atoms with van der Waals surface area (Å²) in [5, 5.41) is 9.86. The zero-order valence-corrected chi connectivity index (χ0v) is 12.5. The zero-order chi connectivity index (χ0) is 16.6. The van der Waals surface area contributed by atoms with Gasteiger partial charge in [0.25, 0.3) is 5.91 Å². The molecular formula is C14H12F3N3O2S. The van der Waals surface area contributed by atoms with E-state index in [1.807, 2.05) is 0 Å². The Morgan fingerprint density at radius 2 is 2.09 bits per heavy atom. The molecule has 0 spiro atoms. The van der Waals surface area contributed by atoms with Crippen molar-refractivity contribution in [3.8, 4) is 0 Å². The summed E-state index contributed by atoms with van der Waals surface area (Å²) in [5.41, 5.74) is -0.750. The maximum atomic E-state index is 13.2. The number of alkyl halides is 3. The number of likely N-dealkylation sites (tertiary alicyclic amines) is 1. The molecule has 1 aromatic carbocycles. The van der Waals surface area contributed by atoms with Gasteiger partial charge in [-0.3, -0.25) is 4.79 Å². The lowest BCUT2D eigenvalue weighted by molar-refractivity contribution is -0.138. The number of aliphatic hydroxyl groups excluding tert-OH is 1. The molecule has 0 unspecified atom stereocenters. The number of β-amino-alcohol motifs (C(OH)–C–C–N with tert-alkyl or cyclic N) is 1. The summed E-state index contributed by atoms with van der Waals surface area (Å²) in [7, 11) is 0. The molecule has 2 atom stereocenters. The maximum Gasteiger partial charge on any atom is 0.416 e. The number of nitrogens with zero attached hydrogens (tertiary/aromatic N) is 3. The van der Waals surface area contributed by atoms with Gasteiger partial charge in [-0.1, -0.05) is 18.2 Å². The molecule has 1 aromatic heterocycles. The molecule has 0 bridgehead atoms. The van der Waals surface area contributed by atoms with E-state index in [0.717, 1.165) is 17.8 Å². The van der Waals surface area contributed by atoms with Crippen LogP contribution >= 0.6 is 11.7 Å². The first kappa shape index (κ1) is 15.9. The van der Waals surface area contributed by atoms with Crippen LogP contribution in [-0.2, 0) is 6.18 Å². The first-order valence-electron chi connectivity index (χ1n) is 6.80. The largest absolute Gasteiger partial charge is 0.416 e. The van der Waals surface area contributed by atoms with E-state index in [9.17, 15) is 23.1 Å². The minimum Gasteiger partial charge on any atom is -0.391 e. The van der Waals surface area contributed by atoms with Crippen LogP contribution in [0.5, 0.6) is 0 Å². The Morgan fingerprint density at radius 1 is 1.35 bits per heavy atom. The molecule has 1 saturated heterocycles. The molecule has 0 aliphatic carbocycles. The van der Waals surface area contributed by atoms with Gasteiger partial charge in [0.05, 0.1) is 35.6 Å². The molecule has 1 aliphatic heterocycles. The highest BCUT2D eigenvalue weighted by atomic mass is 32.1. The molecule has 0 radical (unpaired) electrons. The number of halogens is 3. The number of hydrogen-bond acceptors (Lipinski definition) is 5. The van der Waals surface area contributed by atoms with E-state index < -0.39 is 29.8 Å². The summed E-state index contributed by atoms with van der Waals surface area (Å²) in [4.78, 5) is 13.7. The number of carbonyl (C=O) groups excluding carboxylic acids is 1. The van der Waals surface area contributed by atoms with Crippen molar-refractivity contribution in [2.45, 2.75) is 24.7 Å². The van der Waals surface area contributed by atoms with Crippen LogP contribution in [0.2, 0.25) is 0 Å². The predicted octanol–water partition coefficient (Wildman–Crippen LogP) is 2.51. The van der Waals surface area contributed by atoms with Gasteiger partial charge in [0.2, 0.25) is 0 Å². The quantitative estimate of drug-likeness (QED) is 0.910. The Hall–Kier alpha value is -2.00. The summed E-state index contributed by atoms with van der Waals surface area (Å²) in [6.07, 6.45) is -4.08. The van der Waals surface area contributed by atoms with Crippen LogP contribution in [0.15, 0.2) is 30.5 Å². The van der Waals surface area contributed by atoms with E-state index in [4.69, 9.17) is 0 Å². The number of rotatable bonds is 2. The van der Waals surface area contributed by atoms with Gasteiger partial charge in [-0.25, -0.2) is 0 Å². The average Bonchev–Trinajstić information content (AvgIpc) is 3.15. The smallest absolute Gasteiger partial charge is 0.391 e. The Kier molecular flexibility index (Phi) is 4.07. The highest BCUT2D eigenvalue weighted by molar-refractivity contribution is 6.99. The molecule has 1 fully saturated rings. The third kappa shape index (κ3) is 3.06. The lowest BCUT2D eigenvalue weighted by Crippen LogP contribution is -2.32. The number of carbonyl (C=O) groups is 1. The Labute approximate surface area is 133 Å². The fourth-order valence-corrected chi connectivity index (χ4v) is 3.19. The molecule has 23 heavy (non-hydrogen) atoms. The topological polar surface area (TPSA) is 66.3 Å². The summed E-state index contributed by atoms with van der Waals surface area (Å²) in [5.74, 6) is -0.530. The summed E-state index contributed by atoms with van der Waals surface area (Å²) < 4.78 is 47.2. The van der Waals surface area contributed by atoms with E-state index in [1.54, 1.807) is 0 Å². The van der Waals surface area contributed by atoms with Gasteiger partial charge in [-0.15, -0.1) is 0 Å². The lowest BCUT2D eigenvalue weighted by Gasteiger charge is -2.26. The van der Waals surface area contributed by atoms with Gasteiger partial charge in [0.1, 0.15) is 0 Å². The lowest BCUT2D eigenvalue weighted by atomic mass is 9.97. The van der Waals surface area contributed by atoms with Crippen molar-refractivity contribution in [3.05, 3.63) is 47.3 Å². The first-order valence-corrected chi connectivity index (χ1v) is 7.53. The second-order valence-electron chi connectivity index (χ2n) is 5.24. The molecule has 1 amide bonds. The van der Waals surface area contributed by atoms with Crippen LogP contribution in [0.3, 0.4) is 0 Å². The Morgan fingerprint density at radius 3 is 2.74 bits per heavy atom. The van der Waals surface area contributed by atoms with Crippen LogP contribution in [0.25, 0.3) is 0 Å². The van der Waals surface area contributed by atoms with Crippen molar-refractivity contribution in [2.75, 3.05) is 6.54 Å². The SMILES string of the molecule is O=C(c1cnsn1)N1C[C@@H](O)C[C@@H]1c1ccccc1C(F)(F)F. The fourth-order valence-electron chi connectivity index (χ4n) is 2.78. The van der Waals surface area contributed by atoms with Crippen molar-refractivity contribution in [2.24, 2.45) is 0 Å². The number of hydrogen-bond donors (Lipinski definition) is 1. The van der Waals surface area contributed by atoms with Crippen molar-refractivity contribution in [1.82, 2.24) is 13.6 Å². The molecule has 2 aromatic rings. The van der Waals surface area contributed by atoms with E-state index in [0.29, 0.717) is 0 Å². The highest BCUT2D eigenvalue weighted by Gasteiger charge is 2.41. The number of aromatic nitrogens is 2. The van der Waals surface area contributed by atoms with Crippen molar-refractivity contribution in [3.63, 3.8) is 0 Å². The van der Waals surface area contributed by atoms with Gasteiger partial charge < -0.3 is 10.0 Å². The molecule has 122 valence electrons. The zero-order valence-electron chi connectivity index (χ0n) is 11.7. The summed E-state index contributed by atoms with van der Waals surface area (Å²) in [6.45, 7) is -0.0345.